The second kappa shape index (κ2) is 4.30. The minimum Gasteiger partial charge on any atom is -0.0988 e. The van der Waals surface area contributed by atoms with Gasteiger partial charge in [-0.2, -0.15) is 0 Å². The molecule has 1 aliphatic carbocycles. The predicted octanol–water partition coefficient (Wildman–Crippen LogP) is 3.87. The molecule has 0 saturated heterocycles. The maximum Gasteiger partial charge on any atom is -0.0188 e. The molecular formula is C12H18. The van der Waals surface area contributed by atoms with Gasteiger partial charge in [-0.25, -0.2) is 0 Å². The molecule has 0 bridgehead atoms. The molecule has 0 saturated carbocycles. The van der Waals surface area contributed by atoms with Crippen LogP contribution in [0.1, 0.15) is 33.1 Å². The molecule has 0 heterocycles. The van der Waals surface area contributed by atoms with Crippen LogP contribution < -0.4 is 0 Å². The largest absolute Gasteiger partial charge is 0.0988 e. The summed E-state index contributed by atoms with van der Waals surface area (Å²) < 4.78 is 0. The van der Waals surface area contributed by atoms with Gasteiger partial charge in [0.15, 0.2) is 0 Å². The van der Waals surface area contributed by atoms with E-state index in [0.29, 0.717) is 0 Å². The quantitative estimate of drug-likeness (QED) is 0.578. The first-order valence-electron chi connectivity index (χ1n) is 4.77. The fourth-order valence-corrected chi connectivity index (χ4v) is 1.89. The van der Waals surface area contributed by atoms with Crippen LogP contribution in [-0.2, 0) is 0 Å². The fraction of sp³-hybridized carbons (Fsp3) is 0.500. The summed E-state index contributed by atoms with van der Waals surface area (Å²) in [5, 5.41) is 0. The molecule has 1 atom stereocenters. The monoisotopic (exact) mass is 162 g/mol. The first-order chi connectivity index (χ1) is 5.79. The smallest absolute Gasteiger partial charge is 0.0188 e. The van der Waals surface area contributed by atoms with Crippen molar-refractivity contribution in [3.05, 3.63) is 36.0 Å². The molecule has 0 amide bonds. The van der Waals surface area contributed by atoms with Gasteiger partial charge in [0.05, 0.1) is 0 Å². The van der Waals surface area contributed by atoms with Crippen molar-refractivity contribution in [3.63, 3.8) is 0 Å². The van der Waals surface area contributed by atoms with Crippen LogP contribution in [0.3, 0.4) is 0 Å². The van der Waals surface area contributed by atoms with Crippen LogP contribution in [0.15, 0.2) is 36.0 Å². The van der Waals surface area contributed by atoms with E-state index in [1.54, 1.807) is 0 Å². The summed E-state index contributed by atoms with van der Waals surface area (Å²) >= 11 is 0. The van der Waals surface area contributed by atoms with Crippen LogP contribution in [-0.4, -0.2) is 0 Å². The Bertz CT molecular complexity index is 218. The van der Waals surface area contributed by atoms with Gasteiger partial charge in [0.2, 0.25) is 0 Å². The summed E-state index contributed by atoms with van der Waals surface area (Å²) in [5.74, 6) is 0.725. The summed E-state index contributed by atoms with van der Waals surface area (Å²) in [7, 11) is 0. The third-order valence-electron chi connectivity index (χ3n) is 2.58. The normalized spacial score (nSPS) is 25.0. The Kier molecular flexibility index (Phi) is 3.33. The molecule has 1 aliphatic rings. The highest BCUT2D eigenvalue weighted by atomic mass is 14.2. The van der Waals surface area contributed by atoms with Crippen molar-refractivity contribution in [1.29, 1.82) is 0 Å². The van der Waals surface area contributed by atoms with E-state index in [1.807, 2.05) is 6.08 Å². The third-order valence-corrected chi connectivity index (χ3v) is 2.58. The van der Waals surface area contributed by atoms with Gasteiger partial charge in [-0.05, 0) is 43.3 Å². The van der Waals surface area contributed by atoms with Crippen molar-refractivity contribution >= 4 is 0 Å². The standard InChI is InChI=1S/C12H18/c1-4-7-12-10(3)8-6-9-11(12)5-2/h4-5,7,10H,2,6,8-9H2,1,3H3/b7-4-. The van der Waals surface area contributed by atoms with E-state index in [9.17, 15) is 0 Å². The van der Waals surface area contributed by atoms with Gasteiger partial charge >= 0.3 is 0 Å². The van der Waals surface area contributed by atoms with Crippen LogP contribution >= 0.6 is 0 Å². The molecule has 0 radical (unpaired) electrons. The van der Waals surface area contributed by atoms with Gasteiger partial charge in [-0.3, -0.25) is 0 Å². The average molecular weight is 162 g/mol. The molecule has 0 aromatic rings. The van der Waals surface area contributed by atoms with Crippen molar-refractivity contribution in [2.75, 3.05) is 0 Å². The van der Waals surface area contributed by atoms with Crippen LogP contribution in [0, 0.1) is 5.92 Å². The Morgan fingerprint density at radius 1 is 1.50 bits per heavy atom. The molecule has 0 aromatic heterocycles. The van der Waals surface area contributed by atoms with E-state index in [4.69, 9.17) is 0 Å². The van der Waals surface area contributed by atoms with Crippen molar-refractivity contribution in [2.45, 2.75) is 33.1 Å². The minimum atomic E-state index is 0.725. The number of allylic oxidation sites excluding steroid dienone is 5. The lowest BCUT2D eigenvalue weighted by atomic mass is 9.83. The molecule has 0 spiro atoms. The topological polar surface area (TPSA) is 0 Å². The zero-order valence-electron chi connectivity index (χ0n) is 8.14. The first kappa shape index (κ1) is 9.31. The van der Waals surface area contributed by atoms with Crippen molar-refractivity contribution in [1.82, 2.24) is 0 Å². The SMILES string of the molecule is C=CC1=C(/C=C\C)C(C)CCC1. The van der Waals surface area contributed by atoms with Crippen LogP contribution in [0.4, 0.5) is 0 Å². The molecule has 0 aromatic carbocycles. The number of hydrogen-bond acceptors (Lipinski definition) is 0. The molecule has 0 fully saturated rings. The second-order valence-electron chi connectivity index (χ2n) is 3.48. The van der Waals surface area contributed by atoms with Gasteiger partial charge < -0.3 is 0 Å². The van der Waals surface area contributed by atoms with Gasteiger partial charge in [0, 0.05) is 0 Å². The van der Waals surface area contributed by atoms with E-state index < -0.39 is 0 Å². The molecule has 1 unspecified atom stereocenters. The highest BCUT2D eigenvalue weighted by Gasteiger charge is 2.14. The van der Waals surface area contributed by atoms with Crippen molar-refractivity contribution in [2.24, 2.45) is 5.92 Å². The Morgan fingerprint density at radius 3 is 2.83 bits per heavy atom. The minimum absolute atomic E-state index is 0.725. The van der Waals surface area contributed by atoms with E-state index in [-0.39, 0.29) is 0 Å². The lowest BCUT2D eigenvalue weighted by Crippen LogP contribution is -2.06. The van der Waals surface area contributed by atoms with Crippen molar-refractivity contribution in [3.8, 4) is 0 Å². The lowest BCUT2D eigenvalue weighted by Gasteiger charge is -2.22. The van der Waals surface area contributed by atoms with Gasteiger partial charge in [0.25, 0.3) is 0 Å². The highest BCUT2D eigenvalue weighted by Crippen LogP contribution is 2.30. The first-order valence-corrected chi connectivity index (χ1v) is 4.77. The van der Waals surface area contributed by atoms with E-state index in [1.165, 1.54) is 30.4 Å². The average Bonchev–Trinajstić information content (AvgIpc) is 2.09. The molecular weight excluding hydrogens is 144 g/mol. The summed E-state index contributed by atoms with van der Waals surface area (Å²) in [5.41, 5.74) is 2.95. The van der Waals surface area contributed by atoms with Crippen molar-refractivity contribution < 1.29 is 0 Å². The summed E-state index contributed by atoms with van der Waals surface area (Å²) in [6, 6.07) is 0. The fourth-order valence-electron chi connectivity index (χ4n) is 1.89. The van der Waals surface area contributed by atoms with Crippen LogP contribution in [0.5, 0.6) is 0 Å². The Morgan fingerprint density at radius 2 is 2.25 bits per heavy atom. The molecule has 0 aliphatic heterocycles. The highest BCUT2D eigenvalue weighted by molar-refractivity contribution is 5.35. The molecule has 1 rings (SSSR count). The van der Waals surface area contributed by atoms with Gasteiger partial charge in [0.1, 0.15) is 0 Å². The predicted molar refractivity (Wildman–Crippen MR) is 55.1 cm³/mol. The molecule has 12 heavy (non-hydrogen) atoms. The van der Waals surface area contributed by atoms with E-state index >= 15 is 0 Å². The molecule has 0 nitrogen and oxygen atoms in total. The summed E-state index contributed by atoms with van der Waals surface area (Å²) in [6.07, 6.45) is 10.3. The van der Waals surface area contributed by atoms with Gasteiger partial charge in [-0.1, -0.05) is 31.7 Å². The summed E-state index contributed by atoms with van der Waals surface area (Å²) in [6.45, 7) is 8.24. The van der Waals surface area contributed by atoms with E-state index in [0.717, 1.165) is 5.92 Å². The second-order valence-corrected chi connectivity index (χ2v) is 3.48. The van der Waals surface area contributed by atoms with Crippen LogP contribution in [0.2, 0.25) is 0 Å². The maximum atomic E-state index is 3.86. The zero-order valence-corrected chi connectivity index (χ0v) is 8.14. The lowest BCUT2D eigenvalue weighted by molar-refractivity contribution is 0.552. The molecule has 0 N–H and O–H groups in total. The van der Waals surface area contributed by atoms with Gasteiger partial charge in [-0.15, -0.1) is 0 Å². The summed E-state index contributed by atoms with van der Waals surface area (Å²) in [4.78, 5) is 0. The number of rotatable bonds is 2. The Labute approximate surface area is 75.7 Å². The Balaban J connectivity index is 2.94. The molecule has 0 heteroatoms. The maximum absolute atomic E-state index is 3.86. The Hall–Kier alpha value is -0.780. The van der Waals surface area contributed by atoms with Crippen LogP contribution in [0.25, 0.3) is 0 Å². The number of hydrogen-bond donors (Lipinski definition) is 0. The third kappa shape index (κ3) is 1.88. The van der Waals surface area contributed by atoms with E-state index in [2.05, 4.69) is 32.6 Å². The molecule has 66 valence electrons. The zero-order chi connectivity index (χ0) is 8.97.